The molecule has 4 aliphatic rings. The zero-order valence-electron chi connectivity index (χ0n) is 54.0. The maximum Gasteiger partial charge on any atom is 0.334 e. The minimum atomic E-state index is -5.32. The summed E-state index contributed by atoms with van der Waals surface area (Å²) in [6.07, 6.45) is -9.17. The molecule has 546 valence electrons. The van der Waals surface area contributed by atoms with Crippen molar-refractivity contribution in [1.29, 1.82) is 0 Å². The number of aliphatic carboxylic acids is 1. The zero-order valence-corrected chi connectivity index (χ0v) is 56.4. The SMILES string of the molecule is C=C/C=C\C=C(/C)C(=O)OC1C(OC2CC(C(=O)NCCCc3cn(CCCC(=O)Nc4cc(S(=O)(=O)O)cc5cc(S(=O)(=O)O)cc(S(=O)(=O)O)c45)nn3)CC(n3cc(-c4cccc(F)c4)nn3)C2OC2OC(C)C(O)C(O)C2O)OC(CO)C(O)C1O[C@@H](CC1CCCCC1)C(=O)O. The highest BCUT2D eigenvalue weighted by atomic mass is 32.2. The van der Waals surface area contributed by atoms with Crippen molar-refractivity contribution in [3.8, 4) is 11.3 Å². The smallest absolute Gasteiger partial charge is 0.334 e. The summed E-state index contributed by atoms with van der Waals surface area (Å²) in [5, 5.41) is 87.8. The average Bonchev–Trinajstić information content (AvgIpc) is 0.786. The number of ether oxygens (including phenoxy) is 6. The lowest BCUT2D eigenvalue weighted by Crippen LogP contribution is -2.64. The van der Waals surface area contributed by atoms with Gasteiger partial charge in [0, 0.05) is 48.1 Å². The number of nitrogens with zero attached hydrogens (tertiary/aromatic N) is 6. The van der Waals surface area contributed by atoms with Gasteiger partial charge in [-0.3, -0.25) is 27.9 Å². The van der Waals surface area contributed by atoms with Crippen LogP contribution in [0.1, 0.15) is 96.2 Å². The molecule has 100 heavy (non-hydrogen) atoms. The summed E-state index contributed by atoms with van der Waals surface area (Å²) in [6, 6.07) is 6.64. The number of carboxylic acids is 1. The van der Waals surface area contributed by atoms with Crippen LogP contribution in [0.4, 0.5) is 10.1 Å². The van der Waals surface area contributed by atoms with Crippen LogP contribution in [0.3, 0.4) is 0 Å². The van der Waals surface area contributed by atoms with Gasteiger partial charge in [0.25, 0.3) is 30.4 Å². The Morgan fingerprint density at radius 2 is 1.53 bits per heavy atom. The summed E-state index contributed by atoms with van der Waals surface area (Å²) in [7, 11) is -15.5. The van der Waals surface area contributed by atoms with E-state index >= 15 is 0 Å². The van der Waals surface area contributed by atoms with Crippen molar-refractivity contribution < 1.29 is 122 Å². The summed E-state index contributed by atoms with van der Waals surface area (Å²) < 4.78 is 158. The first-order valence-corrected chi connectivity index (χ1v) is 36.3. The number of aryl methyl sites for hydroxylation is 2. The number of carbonyl (C=O) groups is 4. The second kappa shape index (κ2) is 33.1. The molecular formula is C63H79FN8O25S3. The van der Waals surface area contributed by atoms with Crippen molar-refractivity contribution in [2.45, 2.75) is 198 Å². The summed E-state index contributed by atoms with van der Waals surface area (Å²) in [4.78, 5) is 52.2. The van der Waals surface area contributed by atoms with E-state index in [2.05, 4.69) is 37.8 Å². The Hall–Kier alpha value is -7.44. The van der Waals surface area contributed by atoms with Crippen molar-refractivity contribution in [3.05, 3.63) is 109 Å². The Morgan fingerprint density at radius 1 is 0.810 bits per heavy atom. The standard InChI is InChI=1S/C63H79FN8O25S3/c1-4-5-7-13-33(2)61(82)96-58-57(93-47(60(80)81)22-35-14-8-6-9-15-35)53(76)48(32-73)95-63(58)94-46-27-38(26-45(56(46)97-62-55(78)54(77)52(75)34(3)92-62)72-31-44(68-70-72)36-16-10-17-39(64)23-36)59(79)65-20-11-18-40-30-71(69-67-40)21-12-19-50(74)66-43-28-41(98(83,84)85)24-37-25-42(99(86,87)88)29-49(51(37)43)100(89,90)91/h4-5,7,10,13,16-17,23-25,28-31,34-35,38,45-48,52-58,62-63,73,75-78H,1,6,8-9,11-12,14-15,18-22,26-27,32H2,2-3H3,(H,65,79)(H,66,74)(H,80,81)(H,83,84,85)(H,86,87,88)(H,89,90,91)/b7-5-,33-13+/t34?,38?,45?,46?,47-,48?,52?,53?,54?,55?,56?,57?,58?,62?,63?/m0/s1. The molecule has 2 aliphatic heterocycles. The summed E-state index contributed by atoms with van der Waals surface area (Å²) in [5.41, 5.74) is 0.303. The molecule has 4 heterocycles. The highest BCUT2D eigenvalue weighted by Gasteiger charge is 2.55. The molecule has 3 aromatic carbocycles. The molecular weight excluding hydrogens is 1380 g/mol. The van der Waals surface area contributed by atoms with Crippen LogP contribution in [-0.2, 0) is 90.9 Å². The van der Waals surface area contributed by atoms with E-state index in [1.807, 2.05) is 0 Å². The van der Waals surface area contributed by atoms with E-state index in [1.54, 1.807) is 12.3 Å². The number of fused-ring (bicyclic) bond motifs is 1. The number of carbonyl (C=O) groups excluding carboxylic acids is 3. The maximum absolute atomic E-state index is 14.8. The number of carboxylic acid groups (broad SMARTS) is 1. The molecule has 2 saturated carbocycles. The van der Waals surface area contributed by atoms with Gasteiger partial charge in [-0.25, -0.2) is 18.7 Å². The molecule has 11 N–H and O–H groups in total. The molecule has 37 heteroatoms. The van der Waals surface area contributed by atoms with E-state index in [0.717, 1.165) is 19.3 Å². The summed E-state index contributed by atoms with van der Waals surface area (Å²) >= 11 is 0. The zero-order chi connectivity index (χ0) is 72.5. The van der Waals surface area contributed by atoms with Gasteiger partial charge in [0.2, 0.25) is 11.8 Å². The predicted octanol–water partition coefficient (Wildman–Crippen LogP) is 2.77. The Kier molecular flexibility index (Phi) is 25.4. The molecule has 9 rings (SSSR count). The number of aliphatic hydroxyl groups excluding tert-OH is 5. The fourth-order valence-electron chi connectivity index (χ4n) is 12.6. The third-order valence-corrected chi connectivity index (χ3v) is 20.3. The maximum atomic E-state index is 14.8. The van der Waals surface area contributed by atoms with Crippen LogP contribution in [0.25, 0.3) is 22.0 Å². The molecule has 2 aromatic heterocycles. The van der Waals surface area contributed by atoms with Crippen molar-refractivity contribution in [1.82, 2.24) is 35.3 Å². The number of esters is 1. The van der Waals surface area contributed by atoms with Gasteiger partial charge in [0.05, 0.1) is 52.2 Å². The first-order chi connectivity index (χ1) is 47.3. The largest absolute Gasteiger partial charge is 0.479 e. The van der Waals surface area contributed by atoms with Crippen LogP contribution in [0.5, 0.6) is 0 Å². The lowest BCUT2D eigenvalue weighted by molar-refractivity contribution is -0.350. The van der Waals surface area contributed by atoms with Crippen LogP contribution >= 0.6 is 0 Å². The van der Waals surface area contributed by atoms with Crippen molar-refractivity contribution >= 4 is 70.6 Å². The minimum absolute atomic E-state index is 0.00119. The van der Waals surface area contributed by atoms with Gasteiger partial charge in [-0.2, -0.15) is 25.3 Å². The number of hydrogen-bond acceptors (Lipinski definition) is 25. The Labute approximate surface area is 573 Å². The third kappa shape index (κ3) is 19.2. The first-order valence-electron chi connectivity index (χ1n) is 32.0. The fourth-order valence-corrected chi connectivity index (χ4v) is 14.5. The molecule has 5 aromatic rings. The number of amides is 2. The van der Waals surface area contributed by atoms with Gasteiger partial charge < -0.3 is 69.7 Å². The van der Waals surface area contributed by atoms with Crippen molar-refractivity contribution in [2.24, 2.45) is 11.8 Å². The van der Waals surface area contributed by atoms with E-state index < -0.39 is 189 Å². The molecule has 2 amide bonds. The Bertz CT molecular complexity index is 4180. The number of aliphatic hydroxyl groups is 5. The number of anilines is 1. The van der Waals surface area contributed by atoms with Gasteiger partial charge in [-0.15, -0.1) is 10.2 Å². The summed E-state index contributed by atoms with van der Waals surface area (Å²) in [5.74, 6) is -5.59. The van der Waals surface area contributed by atoms with Crippen molar-refractivity contribution in [3.63, 3.8) is 0 Å². The van der Waals surface area contributed by atoms with Crippen LogP contribution in [0.2, 0.25) is 0 Å². The third-order valence-electron chi connectivity index (χ3n) is 17.8. The van der Waals surface area contributed by atoms with Gasteiger partial charge in [-0.1, -0.05) is 85.5 Å². The highest BCUT2D eigenvalue weighted by molar-refractivity contribution is 7.87. The number of rotatable bonds is 29. The molecule has 15 atom stereocenters. The fraction of sp³-hybridized carbons (Fsp3) is 0.524. The number of benzene rings is 3. The number of nitrogens with one attached hydrogen (secondary N) is 2. The topological polar surface area (TPSA) is 494 Å². The molecule has 0 spiro atoms. The van der Waals surface area contributed by atoms with Crippen molar-refractivity contribution in [2.75, 3.05) is 18.5 Å². The van der Waals surface area contributed by atoms with Gasteiger partial charge >= 0.3 is 11.9 Å². The number of halogens is 1. The Morgan fingerprint density at radius 3 is 2.20 bits per heavy atom. The first kappa shape index (κ1) is 76.7. The van der Waals surface area contributed by atoms with Crippen LogP contribution in [0.15, 0.2) is 112 Å². The summed E-state index contributed by atoms with van der Waals surface area (Å²) in [6.45, 7) is 5.60. The minimum Gasteiger partial charge on any atom is -0.479 e. The molecule has 33 nitrogen and oxygen atoms in total. The lowest BCUT2D eigenvalue weighted by atomic mass is 9.80. The molecule has 2 saturated heterocycles. The van der Waals surface area contributed by atoms with Crippen LogP contribution < -0.4 is 10.6 Å². The molecule has 4 fully saturated rings. The van der Waals surface area contributed by atoms with Gasteiger partial charge in [-0.05, 0) is 100 Å². The van der Waals surface area contributed by atoms with E-state index in [4.69, 9.17) is 28.4 Å². The van der Waals surface area contributed by atoms with E-state index in [9.17, 15) is 93.1 Å². The Balaban J connectivity index is 0.962. The average molecular weight is 1460 g/mol. The number of aromatic nitrogens is 6. The normalized spacial score (nSPS) is 26.9. The van der Waals surface area contributed by atoms with E-state index in [1.165, 1.54) is 71.9 Å². The van der Waals surface area contributed by atoms with Gasteiger partial charge in [0.15, 0.2) is 24.8 Å². The molecule has 0 radical (unpaired) electrons. The van der Waals surface area contributed by atoms with E-state index in [-0.39, 0.29) is 80.8 Å². The number of allylic oxidation sites excluding steroid dienone is 4. The molecule has 2 aliphatic carbocycles. The van der Waals surface area contributed by atoms with Gasteiger partial charge in [0.1, 0.15) is 59.1 Å². The molecule has 14 unspecified atom stereocenters. The quantitative estimate of drug-likeness (QED) is 0.0108. The monoisotopic (exact) mass is 1460 g/mol. The predicted molar refractivity (Wildman–Crippen MR) is 344 cm³/mol. The second-order valence-electron chi connectivity index (χ2n) is 24.9. The molecule has 0 bridgehead atoms. The lowest BCUT2D eigenvalue weighted by Gasteiger charge is -2.48. The highest BCUT2D eigenvalue weighted by Crippen LogP contribution is 2.43. The number of hydrogen-bond donors (Lipinski definition) is 11. The van der Waals surface area contributed by atoms with Crippen LogP contribution in [-0.4, -0.2) is 216 Å². The van der Waals surface area contributed by atoms with E-state index in [0.29, 0.717) is 42.8 Å². The van der Waals surface area contributed by atoms with Crippen LogP contribution in [0, 0.1) is 17.7 Å². The second-order valence-corrected chi connectivity index (χ2v) is 29.2.